The molecule has 0 radical (unpaired) electrons. The molecule has 0 aliphatic rings. The predicted octanol–water partition coefficient (Wildman–Crippen LogP) is 3.29. The zero-order chi connectivity index (χ0) is 12.8. The Balaban J connectivity index is 2.40. The third-order valence-electron chi connectivity index (χ3n) is 2.25. The largest absolute Gasteiger partial charge is 0.255 e. The Morgan fingerprint density at radius 3 is 2.83 bits per heavy atom. The van der Waals surface area contributed by atoms with Crippen LogP contribution < -0.4 is 0 Å². The number of aromatic nitrogens is 2. The maximum atomic E-state index is 9.03. The average Bonchev–Trinajstić information content (AvgIpc) is 2.45. The summed E-state index contributed by atoms with van der Waals surface area (Å²) in [6.07, 6.45) is 3.52. The molecule has 0 aliphatic carbocycles. The minimum Gasteiger partial charge on any atom is -0.255 e. The van der Waals surface area contributed by atoms with Crippen LogP contribution in [0.15, 0.2) is 54.2 Å². The Bertz CT molecular complexity index is 588. The van der Waals surface area contributed by atoms with Gasteiger partial charge in [-0.1, -0.05) is 12.1 Å². The summed E-state index contributed by atoms with van der Waals surface area (Å²) in [7, 11) is 0. The topological polar surface area (TPSA) is 49.6 Å². The molecule has 0 saturated carbocycles. The summed E-state index contributed by atoms with van der Waals surface area (Å²) in [5.41, 5.74) is 2.17. The summed E-state index contributed by atoms with van der Waals surface area (Å²) < 4.78 is 0. The zero-order valence-corrected chi connectivity index (χ0v) is 10.5. The molecule has 3 nitrogen and oxygen atoms in total. The smallest absolute Gasteiger partial charge is 0.115 e. The van der Waals surface area contributed by atoms with Crippen LogP contribution in [-0.4, -0.2) is 15.7 Å². The van der Waals surface area contributed by atoms with Gasteiger partial charge in [0.05, 0.1) is 17.0 Å². The minimum absolute atomic E-state index is 0.585. The highest BCUT2D eigenvalue weighted by atomic mass is 32.2. The highest BCUT2D eigenvalue weighted by Gasteiger charge is 2.07. The lowest BCUT2D eigenvalue weighted by molar-refractivity contribution is 1.10. The first-order valence-electron chi connectivity index (χ1n) is 5.41. The summed E-state index contributed by atoms with van der Waals surface area (Å²) in [5.74, 6) is 0.730. The molecule has 2 aromatic rings. The van der Waals surface area contributed by atoms with Gasteiger partial charge in [0.15, 0.2) is 0 Å². The maximum absolute atomic E-state index is 9.03. The lowest BCUT2D eigenvalue weighted by Gasteiger charge is -2.04. The molecule has 0 aliphatic heterocycles. The Kier molecular flexibility index (Phi) is 4.11. The van der Waals surface area contributed by atoms with E-state index in [0.717, 1.165) is 22.2 Å². The molecule has 2 aromatic heterocycles. The molecule has 0 amide bonds. The van der Waals surface area contributed by atoms with Gasteiger partial charge in [-0.3, -0.25) is 4.98 Å². The van der Waals surface area contributed by atoms with Gasteiger partial charge in [0.25, 0.3) is 0 Å². The average molecular weight is 253 g/mol. The molecule has 0 bridgehead atoms. The fraction of sp³-hybridized carbons (Fsp3) is 0.0714. The van der Waals surface area contributed by atoms with Gasteiger partial charge < -0.3 is 0 Å². The van der Waals surface area contributed by atoms with E-state index in [2.05, 4.69) is 22.6 Å². The number of nitriles is 1. The molecule has 0 fully saturated rings. The Hall–Kier alpha value is -2.12. The van der Waals surface area contributed by atoms with Crippen molar-refractivity contribution in [1.82, 2.24) is 9.97 Å². The zero-order valence-electron chi connectivity index (χ0n) is 9.71. The predicted molar refractivity (Wildman–Crippen MR) is 73.1 cm³/mol. The van der Waals surface area contributed by atoms with Crippen LogP contribution in [-0.2, 0) is 0 Å². The van der Waals surface area contributed by atoms with Gasteiger partial charge in [0, 0.05) is 11.9 Å². The molecule has 2 rings (SSSR count). The monoisotopic (exact) mass is 253 g/mol. The van der Waals surface area contributed by atoms with Crippen LogP contribution in [0.3, 0.4) is 0 Å². The summed E-state index contributed by atoms with van der Waals surface area (Å²) in [5, 5.41) is 9.76. The van der Waals surface area contributed by atoms with Gasteiger partial charge in [0.2, 0.25) is 0 Å². The van der Waals surface area contributed by atoms with E-state index in [0.29, 0.717) is 5.56 Å². The molecule has 0 saturated heterocycles. The first-order chi connectivity index (χ1) is 8.85. The molecule has 2 heterocycles. The van der Waals surface area contributed by atoms with Gasteiger partial charge in [0.1, 0.15) is 11.1 Å². The van der Waals surface area contributed by atoms with Crippen molar-refractivity contribution in [2.45, 2.75) is 5.03 Å². The van der Waals surface area contributed by atoms with Gasteiger partial charge >= 0.3 is 0 Å². The standard InChI is InChI=1S/C14H11N3S/c1-2-9-18-14-11(10-15)6-7-13(17-14)12-5-3-4-8-16-12/h2-8H,1,9H2. The second-order valence-corrected chi connectivity index (χ2v) is 4.48. The molecule has 0 unspecified atom stereocenters. The quantitative estimate of drug-likeness (QED) is 0.619. The van der Waals surface area contributed by atoms with Gasteiger partial charge in [-0.2, -0.15) is 5.26 Å². The van der Waals surface area contributed by atoms with E-state index in [9.17, 15) is 0 Å². The van der Waals surface area contributed by atoms with Crippen molar-refractivity contribution in [3.8, 4) is 17.5 Å². The van der Waals surface area contributed by atoms with Crippen molar-refractivity contribution in [3.63, 3.8) is 0 Å². The van der Waals surface area contributed by atoms with Crippen LogP contribution in [0, 0.1) is 11.3 Å². The van der Waals surface area contributed by atoms with E-state index in [4.69, 9.17) is 5.26 Å². The fourth-order valence-electron chi connectivity index (χ4n) is 1.43. The van der Waals surface area contributed by atoms with Crippen molar-refractivity contribution >= 4 is 11.8 Å². The minimum atomic E-state index is 0.585. The van der Waals surface area contributed by atoms with E-state index >= 15 is 0 Å². The SMILES string of the molecule is C=CCSc1nc(-c2ccccn2)ccc1C#N. The van der Waals surface area contributed by atoms with Crippen LogP contribution in [0.5, 0.6) is 0 Å². The Morgan fingerprint density at radius 1 is 1.28 bits per heavy atom. The highest BCUT2D eigenvalue weighted by Crippen LogP contribution is 2.24. The summed E-state index contributed by atoms with van der Waals surface area (Å²) in [6, 6.07) is 11.4. The van der Waals surface area contributed by atoms with E-state index < -0.39 is 0 Å². The van der Waals surface area contributed by atoms with E-state index in [1.54, 1.807) is 18.3 Å². The summed E-state index contributed by atoms with van der Waals surface area (Å²) >= 11 is 1.50. The molecule has 18 heavy (non-hydrogen) atoms. The number of nitrogens with zero attached hydrogens (tertiary/aromatic N) is 3. The third-order valence-corrected chi connectivity index (χ3v) is 3.23. The normalized spacial score (nSPS) is 9.72. The Morgan fingerprint density at radius 2 is 2.17 bits per heavy atom. The summed E-state index contributed by atoms with van der Waals surface area (Å²) in [4.78, 5) is 8.73. The molecule has 0 spiro atoms. The molecule has 0 aromatic carbocycles. The van der Waals surface area contributed by atoms with Gasteiger partial charge in [-0.05, 0) is 24.3 Å². The molecular formula is C14H11N3S. The second-order valence-electron chi connectivity index (χ2n) is 3.48. The Labute approximate surface area is 110 Å². The molecule has 0 atom stereocenters. The lowest BCUT2D eigenvalue weighted by atomic mass is 10.2. The van der Waals surface area contributed by atoms with E-state index in [1.807, 2.05) is 24.3 Å². The van der Waals surface area contributed by atoms with Crippen molar-refractivity contribution in [2.24, 2.45) is 0 Å². The first kappa shape index (κ1) is 12.3. The van der Waals surface area contributed by atoms with Gasteiger partial charge in [-0.25, -0.2) is 4.98 Å². The van der Waals surface area contributed by atoms with Crippen LogP contribution in [0.2, 0.25) is 0 Å². The fourth-order valence-corrected chi connectivity index (χ4v) is 2.14. The number of hydrogen-bond donors (Lipinski definition) is 0. The van der Waals surface area contributed by atoms with Gasteiger partial charge in [-0.15, -0.1) is 18.3 Å². The van der Waals surface area contributed by atoms with Crippen LogP contribution in [0.4, 0.5) is 0 Å². The number of pyridine rings is 2. The van der Waals surface area contributed by atoms with Crippen molar-refractivity contribution in [2.75, 3.05) is 5.75 Å². The lowest BCUT2D eigenvalue weighted by Crippen LogP contribution is -1.92. The van der Waals surface area contributed by atoms with Crippen molar-refractivity contribution in [1.29, 1.82) is 5.26 Å². The van der Waals surface area contributed by atoms with Crippen LogP contribution in [0.1, 0.15) is 5.56 Å². The number of hydrogen-bond acceptors (Lipinski definition) is 4. The van der Waals surface area contributed by atoms with Crippen molar-refractivity contribution < 1.29 is 0 Å². The van der Waals surface area contributed by atoms with E-state index in [1.165, 1.54) is 11.8 Å². The first-order valence-corrected chi connectivity index (χ1v) is 6.40. The second kappa shape index (κ2) is 5.99. The molecule has 4 heteroatoms. The molecule has 88 valence electrons. The highest BCUT2D eigenvalue weighted by molar-refractivity contribution is 7.99. The third kappa shape index (κ3) is 2.76. The van der Waals surface area contributed by atoms with Crippen LogP contribution in [0.25, 0.3) is 11.4 Å². The van der Waals surface area contributed by atoms with Crippen LogP contribution >= 0.6 is 11.8 Å². The maximum Gasteiger partial charge on any atom is 0.115 e. The van der Waals surface area contributed by atoms with Crippen molar-refractivity contribution in [3.05, 3.63) is 54.7 Å². The van der Waals surface area contributed by atoms with E-state index in [-0.39, 0.29) is 0 Å². The number of thioether (sulfide) groups is 1. The molecular weight excluding hydrogens is 242 g/mol. The summed E-state index contributed by atoms with van der Waals surface area (Å²) in [6.45, 7) is 3.67. The molecule has 0 N–H and O–H groups in total. The number of rotatable bonds is 4.